The molecule has 0 radical (unpaired) electrons. The van der Waals surface area contributed by atoms with Crippen molar-refractivity contribution in [1.82, 2.24) is 10.2 Å². The molecular weight excluding hydrogens is 602 g/mol. The van der Waals surface area contributed by atoms with Crippen LogP contribution in [0, 0.1) is 29.1 Å². The minimum atomic E-state index is -0.882. The van der Waals surface area contributed by atoms with E-state index in [-0.39, 0.29) is 49.0 Å². The zero-order valence-electron chi connectivity index (χ0n) is 28.2. The van der Waals surface area contributed by atoms with Crippen molar-refractivity contribution in [2.45, 2.75) is 79.4 Å². The molecular formula is C33H54ClN3O8. The molecule has 0 spiro atoms. The van der Waals surface area contributed by atoms with Gasteiger partial charge in [-0.05, 0) is 68.6 Å². The molecule has 1 aliphatic heterocycles. The van der Waals surface area contributed by atoms with Crippen LogP contribution in [0.4, 0.5) is 4.79 Å². The number of nitrogens with two attached hydrogens (primary N) is 1. The molecule has 0 aromatic heterocycles. The second-order valence-corrected chi connectivity index (χ2v) is 13.3. The second kappa shape index (κ2) is 18.4. The highest BCUT2D eigenvalue weighted by Gasteiger charge is 2.43. The van der Waals surface area contributed by atoms with Crippen molar-refractivity contribution in [3.8, 4) is 11.5 Å². The summed E-state index contributed by atoms with van der Waals surface area (Å²) >= 11 is 5.75. The largest absolute Gasteiger partial charge is 0.493 e. The fourth-order valence-electron chi connectivity index (χ4n) is 5.41. The van der Waals surface area contributed by atoms with E-state index >= 15 is 0 Å². The van der Waals surface area contributed by atoms with Gasteiger partial charge in [-0.25, -0.2) is 4.79 Å². The van der Waals surface area contributed by atoms with Crippen LogP contribution >= 0.6 is 11.6 Å². The van der Waals surface area contributed by atoms with Gasteiger partial charge in [0.1, 0.15) is 6.73 Å². The Morgan fingerprint density at radius 3 is 2.38 bits per heavy atom. The van der Waals surface area contributed by atoms with Crippen LogP contribution in [0.5, 0.6) is 11.5 Å². The number of nitrogens with zero attached hydrogens (tertiary/aromatic N) is 1. The maximum absolute atomic E-state index is 13.4. The number of rotatable bonds is 19. The summed E-state index contributed by atoms with van der Waals surface area (Å²) in [6.45, 7) is 12.9. The first-order valence-electron chi connectivity index (χ1n) is 15.7. The van der Waals surface area contributed by atoms with Gasteiger partial charge in [0.2, 0.25) is 11.8 Å². The first kappa shape index (κ1) is 38.4. The summed E-state index contributed by atoms with van der Waals surface area (Å²) in [5.41, 5.74) is 5.70. The predicted molar refractivity (Wildman–Crippen MR) is 173 cm³/mol. The number of alkyl halides is 1. The van der Waals surface area contributed by atoms with Gasteiger partial charge in [-0.3, -0.25) is 14.5 Å². The molecule has 45 heavy (non-hydrogen) atoms. The number of amides is 3. The Morgan fingerprint density at radius 1 is 1.09 bits per heavy atom. The Hall–Kier alpha value is -2.76. The minimum Gasteiger partial charge on any atom is -0.493 e. The van der Waals surface area contributed by atoms with Gasteiger partial charge >= 0.3 is 6.09 Å². The zero-order valence-corrected chi connectivity index (χ0v) is 29.0. The summed E-state index contributed by atoms with van der Waals surface area (Å²) in [6, 6.07) is 5.34. The fraction of sp³-hybridized carbons (Fsp3) is 0.727. The van der Waals surface area contributed by atoms with Gasteiger partial charge < -0.3 is 34.7 Å². The van der Waals surface area contributed by atoms with Crippen molar-refractivity contribution in [2.24, 2.45) is 34.8 Å². The van der Waals surface area contributed by atoms with Gasteiger partial charge in [0.05, 0.1) is 31.3 Å². The minimum absolute atomic E-state index is 0.0164. The number of primary amides is 1. The molecule has 1 aromatic rings. The molecule has 0 bridgehead atoms. The third-order valence-corrected chi connectivity index (χ3v) is 8.74. The molecule has 11 nitrogen and oxygen atoms in total. The van der Waals surface area contributed by atoms with Crippen molar-refractivity contribution in [3.63, 3.8) is 0 Å². The lowest BCUT2D eigenvalue weighted by molar-refractivity contribution is -0.130. The quantitative estimate of drug-likeness (QED) is 0.157. The van der Waals surface area contributed by atoms with E-state index in [1.54, 1.807) is 33.0 Å². The molecule has 256 valence electrons. The average Bonchev–Trinajstić information content (AvgIpc) is 3.38. The van der Waals surface area contributed by atoms with E-state index in [2.05, 4.69) is 19.2 Å². The van der Waals surface area contributed by atoms with Crippen molar-refractivity contribution >= 4 is 29.5 Å². The molecule has 4 atom stereocenters. The number of benzene rings is 1. The molecule has 1 saturated heterocycles. The summed E-state index contributed by atoms with van der Waals surface area (Å²) in [6.07, 6.45) is 1.54. The lowest BCUT2D eigenvalue weighted by atomic mass is 9.80. The number of hydrogen-bond donors (Lipinski definition) is 2. The lowest BCUT2D eigenvalue weighted by Gasteiger charge is -2.33. The molecule has 3 N–H and O–H groups in total. The van der Waals surface area contributed by atoms with Gasteiger partial charge in [0, 0.05) is 32.6 Å². The summed E-state index contributed by atoms with van der Waals surface area (Å²) in [5.74, 6) is 0.660. The molecule has 1 aliphatic rings. The molecule has 2 rings (SSSR count). The third kappa shape index (κ3) is 11.5. The van der Waals surface area contributed by atoms with E-state index < -0.39 is 29.4 Å². The van der Waals surface area contributed by atoms with Crippen LogP contribution in [0.25, 0.3) is 0 Å². The number of carbonyl (C=O) groups excluding carboxylic acids is 3. The van der Waals surface area contributed by atoms with E-state index in [1.807, 2.05) is 32.0 Å². The van der Waals surface area contributed by atoms with Crippen molar-refractivity contribution in [1.29, 1.82) is 0 Å². The maximum Gasteiger partial charge on any atom is 0.413 e. The predicted octanol–water partition coefficient (Wildman–Crippen LogP) is 4.97. The number of methoxy groups -OCH3 is 2. The van der Waals surface area contributed by atoms with Crippen LogP contribution in [0.3, 0.4) is 0 Å². The van der Waals surface area contributed by atoms with E-state index in [0.29, 0.717) is 37.6 Å². The van der Waals surface area contributed by atoms with Crippen molar-refractivity contribution in [3.05, 3.63) is 23.8 Å². The second-order valence-electron chi connectivity index (χ2n) is 13.1. The van der Waals surface area contributed by atoms with Crippen LogP contribution < -0.4 is 20.5 Å². The standard InChI is InChI=1S/C33H54ClN3O8/c1-21(2)24(14-23-10-11-27(42-8)29(15-23)43-13-9-12-41-7)16-26-28(45-20-37(26)32(40)44-19-34)17-25(22(3)4)30(38)36-18-33(5,6)31(35)39/h10-11,15,21-22,24-26,28H,9,12-14,16-20H2,1-8H3,(H2,35,39)(H,36,38). The molecule has 12 heteroatoms. The molecule has 4 unspecified atom stereocenters. The highest BCUT2D eigenvalue weighted by Crippen LogP contribution is 2.36. The monoisotopic (exact) mass is 655 g/mol. The molecule has 3 amide bonds. The first-order valence-corrected chi connectivity index (χ1v) is 16.3. The highest BCUT2D eigenvalue weighted by atomic mass is 35.5. The third-order valence-electron chi connectivity index (χ3n) is 8.63. The van der Waals surface area contributed by atoms with Crippen LogP contribution in [0.15, 0.2) is 18.2 Å². The normalized spacial score (nSPS) is 18.2. The van der Waals surface area contributed by atoms with Gasteiger partial charge in [-0.2, -0.15) is 0 Å². The summed E-state index contributed by atoms with van der Waals surface area (Å²) in [5, 5.41) is 2.91. The lowest BCUT2D eigenvalue weighted by Crippen LogP contribution is -2.46. The summed E-state index contributed by atoms with van der Waals surface area (Å²) in [7, 11) is 3.28. The first-order chi connectivity index (χ1) is 21.2. The van der Waals surface area contributed by atoms with E-state index in [9.17, 15) is 14.4 Å². The van der Waals surface area contributed by atoms with Crippen molar-refractivity contribution < 1.29 is 38.1 Å². The number of nitrogens with one attached hydrogen (secondary N) is 1. The zero-order chi connectivity index (χ0) is 33.7. The molecule has 1 heterocycles. The van der Waals surface area contributed by atoms with Crippen LogP contribution in [-0.2, 0) is 30.2 Å². The number of hydrogen-bond acceptors (Lipinski definition) is 8. The maximum atomic E-state index is 13.4. The topological polar surface area (TPSA) is 139 Å². The Kier molecular flexibility index (Phi) is 15.7. The van der Waals surface area contributed by atoms with Gasteiger partial charge in [0.25, 0.3) is 0 Å². The van der Waals surface area contributed by atoms with Gasteiger partial charge in [-0.15, -0.1) is 0 Å². The molecule has 1 fully saturated rings. The Bertz CT molecular complexity index is 1100. The molecule has 0 saturated carbocycles. The Morgan fingerprint density at radius 2 is 1.80 bits per heavy atom. The molecule has 0 aliphatic carbocycles. The van der Waals surface area contributed by atoms with E-state index in [0.717, 1.165) is 18.4 Å². The number of halogens is 1. The van der Waals surface area contributed by atoms with Crippen molar-refractivity contribution in [2.75, 3.05) is 46.8 Å². The van der Waals surface area contributed by atoms with Crippen LogP contribution in [0.1, 0.15) is 66.4 Å². The van der Waals surface area contributed by atoms with E-state index in [4.69, 9.17) is 41.0 Å². The van der Waals surface area contributed by atoms with Gasteiger partial charge in [0.15, 0.2) is 17.6 Å². The van der Waals surface area contributed by atoms with Gasteiger partial charge in [-0.1, -0.05) is 45.4 Å². The Labute approximate surface area is 273 Å². The number of carbonyl (C=O) groups is 3. The highest BCUT2D eigenvalue weighted by molar-refractivity contribution is 6.17. The SMILES string of the molecule is COCCCOc1cc(CC(CC2C(CC(C(=O)NCC(C)(C)C(N)=O)C(C)C)OCN2C(=O)OCCl)C(C)C)ccc1OC. The van der Waals surface area contributed by atoms with Crippen LogP contribution in [-0.4, -0.2) is 81.7 Å². The fourth-order valence-corrected chi connectivity index (χ4v) is 5.51. The average molecular weight is 656 g/mol. The van der Waals surface area contributed by atoms with E-state index in [1.165, 1.54) is 0 Å². The summed E-state index contributed by atoms with van der Waals surface area (Å²) < 4.78 is 28.0. The summed E-state index contributed by atoms with van der Waals surface area (Å²) in [4.78, 5) is 39.7. The van der Waals surface area contributed by atoms with Crippen LogP contribution in [0.2, 0.25) is 0 Å². The Balaban J connectivity index is 2.29. The number of ether oxygens (including phenoxy) is 5. The molecule has 1 aromatic carbocycles. The smallest absolute Gasteiger partial charge is 0.413 e.